The van der Waals surface area contributed by atoms with Gasteiger partial charge in [-0.15, -0.1) is 11.8 Å². The largest absolute Gasteiger partial charge is 0.466 e. The van der Waals surface area contributed by atoms with Gasteiger partial charge in [0.05, 0.1) is 6.61 Å². The highest BCUT2D eigenvalue weighted by Crippen LogP contribution is 2.05. The Labute approximate surface area is 106 Å². The van der Waals surface area contributed by atoms with Crippen LogP contribution in [0.15, 0.2) is 0 Å². The van der Waals surface area contributed by atoms with Gasteiger partial charge in [-0.25, -0.2) is 0 Å². The molecule has 0 amide bonds. The minimum absolute atomic E-state index is 0.176. The van der Waals surface area contributed by atoms with Crippen LogP contribution in [-0.4, -0.2) is 12.6 Å². The molecular formula is C15H26O2. The minimum Gasteiger partial charge on any atom is -0.466 e. The molecule has 0 aliphatic heterocycles. The Morgan fingerprint density at radius 3 is 2.47 bits per heavy atom. The lowest BCUT2D eigenvalue weighted by Crippen LogP contribution is -1.99. The van der Waals surface area contributed by atoms with E-state index >= 15 is 0 Å². The second-order valence-electron chi connectivity index (χ2n) is 4.49. The number of carbonyl (C=O) groups excluding carboxylic acids is 1. The van der Waals surface area contributed by atoms with E-state index < -0.39 is 0 Å². The Bertz CT molecular complexity index is 247. The van der Waals surface area contributed by atoms with Gasteiger partial charge in [-0.1, -0.05) is 33.1 Å². The Morgan fingerprint density at radius 1 is 1.18 bits per heavy atom. The van der Waals surface area contributed by atoms with Crippen LogP contribution in [0.5, 0.6) is 0 Å². The molecule has 0 aliphatic rings. The van der Waals surface area contributed by atoms with Gasteiger partial charge in [-0.2, -0.15) is 0 Å². The fourth-order valence-electron chi connectivity index (χ4n) is 1.41. The summed E-state index contributed by atoms with van der Waals surface area (Å²) in [6.07, 6.45) is 7.93. The van der Waals surface area contributed by atoms with Gasteiger partial charge in [0.15, 0.2) is 0 Å². The molecule has 1 atom stereocenters. The van der Waals surface area contributed by atoms with Crippen LogP contribution in [-0.2, 0) is 9.53 Å². The zero-order valence-electron chi connectivity index (χ0n) is 11.6. The number of carbonyl (C=O) groups is 1. The van der Waals surface area contributed by atoms with E-state index in [9.17, 15) is 4.79 Å². The molecular weight excluding hydrogens is 212 g/mol. The molecule has 0 rings (SSSR count). The van der Waals surface area contributed by atoms with Gasteiger partial charge in [0, 0.05) is 19.3 Å². The second kappa shape index (κ2) is 11.5. The Hall–Kier alpha value is -0.970. The van der Waals surface area contributed by atoms with Gasteiger partial charge in [0.25, 0.3) is 0 Å². The van der Waals surface area contributed by atoms with Crippen molar-refractivity contribution in [2.45, 2.75) is 65.7 Å². The van der Waals surface area contributed by atoms with Crippen molar-refractivity contribution >= 4 is 5.97 Å². The van der Waals surface area contributed by atoms with Crippen LogP contribution in [0, 0.1) is 17.8 Å². The SMILES string of the molecule is CC[C@@H](C)C#CCCCCCCCOC(C)=O. The minimum atomic E-state index is -0.176. The first-order chi connectivity index (χ1) is 8.16. The fourth-order valence-corrected chi connectivity index (χ4v) is 1.41. The molecule has 0 unspecified atom stereocenters. The molecule has 0 aromatic carbocycles. The number of ether oxygens (including phenoxy) is 1. The summed E-state index contributed by atoms with van der Waals surface area (Å²) in [5.41, 5.74) is 0. The summed E-state index contributed by atoms with van der Waals surface area (Å²) in [7, 11) is 0. The number of unbranched alkanes of at least 4 members (excludes halogenated alkanes) is 5. The van der Waals surface area contributed by atoms with Gasteiger partial charge in [-0.3, -0.25) is 4.79 Å². The summed E-state index contributed by atoms with van der Waals surface area (Å²) in [6, 6.07) is 0. The van der Waals surface area contributed by atoms with E-state index in [1.54, 1.807) is 0 Å². The lowest BCUT2D eigenvalue weighted by atomic mass is 10.1. The second-order valence-corrected chi connectivity index (χ2v) is 4.49. The molecule has 0 N–H and O–H groups in total. The zero-order chi connectivity index (χ0) is 12.9. The first-order valence-electron chi connectivity index (χ1n) is 6.78. The van der Waals surface area contributed by atoms with Crippen LogP contribution < -0.4 is 0 Å². The van der Waals surface area contributed by atoms with Crippen molar-refractivity contribution in [3.8, 4) is 11.8 Å². The number of hydrogen-bond acceptors (Lipinski definition) is 2. The molecule has 17 heavy (non-hydrogen) atoms. The molecule has 2 nitrogen and oxygen atoms in total. The lowest BCUT2D eigenvalue weighted by Gasteiger charge is -2.01. The molecule has 0 aromatic rings. The highest BCUT2D eigenvalue weighted by Gasteiger charge is 1.93. The van der Waals surface area contributed by atoms with Crippen molar-refractivity contribution < 1.29 is 9.53 Å². The molecule has 0 radical (unpaired) electrons. The quantitative estimate of drug-likeness (QED) is 0.364. The van der Waals surface area contributed by atoms with Gasteiger partial charge in [0.2, 0.25) is 0 Å². The molecule has 0 aliphatic carbocycles. The van der Waals surface area contributed by atoms with Gasteiger partial charge in [-0.05, 0) is 19.3 Å². The van der Waals surface area contributed by atoms with Crippen LogP contribution in [0.1, 0.15) is 65.7 Å². The molecule has 0 saturated heterocycles. The summed E-state index contributed by atoms with van der Waals surface area (Å²) in [5, 5.41) is 0. The normalized spacial score (nSPS) is 11.5. The van der Waals surface area contributed by atoms with E-state index in [0.29, 0.717) is 12.5 Å². The maximum absolute atomic E-state index is 10.5. The fraction of sp³-hybridized carbons (Fsp3) is 0.800. The van der Waals surface area contributed by atoms with E-state index in [-0.39, 0.29) is 5.97 Å². The van der Waals surface area contributed by atoms with Crippen molar-refractivity contribution in [1.29, 1.82) is 0 Å². The van der Waals surface area contributed by atoms with Crippen molar-refractivity contribution in [3.63, 3.8) is 0 Å². The lowest BCUT2D eigenvalue weighted by molar-refractivity contribution is -0.141. The number of rotatable bonds is 8. The highest BCUT2D eigenvalue weighted by molar-refractivity contribution is 5.65. The van der Waals surface area contributed by atoms with E-state index in [2.05, 4.69) is 25.7 Å². The maximum Gasteiger partial charge on any atom is 0.302 e. The van der Waals surface area contributed by atoms with Crippen LogP contribution in [0.3, 0.4) is 0 Å². The van der Waals surface area contributed by atoms with E-state index in [1.807, 2.05) is 0 Å². The zero-order valence-corrected chi connectivity index (χ0v) is 11.6. The summed E-state index contributed by atoms with van der Waals surface area (Å²) in [6.45, 7) is 6.36. The van der Waals surface area contributed by atoms with Crippen LogP contribution in [0.4, 0.5) is 0 Å². The van der Waals surface area contributed by atoms with Crippen molar-refractivity contribution in [2.24, 2.45) is 5.92 Å². The molecule has 0 fully saturated rings. The Balaban J connectivity index is 3.18. The van der Waals surface area contributed by atoms with Crippen LogP contribution >= 0.6 is 0 Å². The van der Waals surface area contributed by atoms with Crippen LogP contribution in [0.2, 0.25) is 0 Å². The van der Waals surface area contributed by atoms with E-state index in [0.717, 1.165) is 25.7 Å². The summed E-state index contributed by atoms with van der Waals surface area (Å²) < 4.78 is 4.86. The standard InChI is InChI=1S/C15H26O2/c1-4-14(2)12-10-8-6-5-7-9-11-13-17-15(3)16/h14H,4-9,11,13H2,1-3H3/t14-/m1/s1. The average molecular weight is 238 g/mol. The van der Waals surface area contributed by atoms with Crippen molar-refractivity contribution in [2.75, 3.05) is 6.61 Å². The molecule has 2 heteroatoms. The monoisotopic (exact) mass is 238 g/mol. The first-order valence-corrected chi connectivity index (χ1v) is 6.78. The third-order valence-electron chi connectivity index (χ3n) is 2.71. The Morgan fingerprint density at radius 2 is 1.82 bits per heavy atom. The summed E-state index contributed by atoms with van der Waals surface area (Å²) in [5.74, 6) is 6.85. The maximum atomic E-state index is 10.5. The molecule has 98 valence electrons. The smallest absolute Gasteiger partial charge is 0.302 e. The van der Waals surface area contributed by atoms with Crippen LogP contribution in [0.25, 0.3) is 0 Å². The predicted octanol–water partition coefficient (Wildman–Crippen LogP) is 3.94. The highest BCUT2D eigenvalue weighted by atomic mass is 16.5. The van der Waals surface area contributed by atoms with Gasteiger partial charge >= 0.3 is 5.97 Å². The van der Waals surface area contributed by atoms with Gasteiger partial charge < -0.3 is 4.74 Å². The van der Waals surface area contributed by atoms with E-state index in [1.165, 1.54) is 26.2 Å². The molecule has 0 aromatic heterocycles. The topological polar surface area (TPSA) is 26.3 Å². The molecule has 0 saturated carbocycles. The number of hydrogen-bond donors (Lipinski definition) is 0. The molecule has 0 spiro atoms. The van der Waals surface area contributed by atoms with E-state index in [4.69, 9.17) is 4.74 Å². The third-order valence-corrected chi connectivity index (χ3v) is 2.71. The molecule has 0 heterocycles. The predicted molar refractivity (Wildman–Crippen MR) is 71.6 cm³/mol. The summed E-state index contributed by atoms with van der Waals surface area (Å²) in [4.78, 5) is 10.5. The number of esters is 1. The van der Waals surface area contributed by atoms with Crippen molar-refractivity contribution in [1.82, 2.24) is 0 Å². The average Bonchev–Trinajstić information content (AvgIpc) is 2.30. The first kappa shape index (κ1) is 16.0. The Kier molecular flexibility index (Phi) is 10.9. The summed E-state index contributed by atoms with van der Waals surface area (Å²) >= 11 is 0. The molecule has 0 bridgehead atoms. The van der Waals surface area contributed by atoms with Crippen molar-refractivity contribution in [3.05, 3.63) is 0 Å². The third kappa shape index (κ3) is 13.0. The van der Waals surface area contributed by atoms with Gasteiger partial charge in [0.1, 0.15) is 0 Å².